The number of rotatable bonds is 3. The number of furan rings is 1. The van der Waals surface area contributed by atoms with Crippen LogP contribution in [0.1, 0.15) is 54.3 Å². The quantitative estimate of drug-likeness (QED) is 0.295. The molecule has 2 unspecified atom stereocenters. The molecule has 3 aliphatic rings. The van der Waals surface area contributed by atoms with Crippen LogP contribution in [0.15, 0.2) is 87.2 Å². The van der Waals surface area contributed by atoms with Crippen LogP contribution in [0.4, 0.5) is 0 Å². The number of allylic oxidation sites excluding steroid dienone is 3. The van der Waals surface area contributed by atoms with Gasteiger partial charge >= 0.3 is 0 Å². The Bertz CT molecular complexity index is 1620. The van der Waals surface area contributed by atoms with Crippen LogP contribution in [-0.2, 0) is 6.42 Å². The largest absolute Gasteiger partial charge is 0.460 e. The fraction of sp³-hybridized carbons (Fsp3) is 0.226. The highest BCUT2D eigenvalue weighted by Crippen LogP contribution is 2.37. The number of halogens is 1. The van der Waals surface area contributed by atoms with E-state index < -0.39 is 0 Å². The number of nitrogens with zero attached hydrogens (tertiary/aromatic N) is 2. The molecule has 7 rings (SSSR count). The van der Waals surface area contributed by atoms with Crippen LogP contribution in [0.3, 0.4) is 0 Å². The number of aryl methyl sites for hydroxylation is 1. The molecule has 0 radical (unpaired) electrons. The van der Waals surface area contributed by atoms with Gasteiger partial charge in [0.2, 0.25) is 0 Å². The average molecular weight is 492 g/mol. The first-order valence-corrected chi connectivity index (χ1v) is 13.1. The van der Waals surface area contributed by atoms with Crippen LogP contribution in [-0.4, -0.2) is 11.7 Å². The first-order valence-electron chi connectivity index (χ1n) is 12.7. The highest BCUT2D eigenvalue weighted by Gasteiger charge is 2.29. The van der Waals surface area contributed by atoms with E-state index in [4.69, 9.17) is 26.0 Å². The molecule has 1 N–H and O–H groups in total. The SMILES string of the molecule is Clc1ccc(C2=NC(c3cccc4c5c(oc34)CCC=C5)NC(C3CC=CCC3)=N2)c2ccccc12. The lowest BCUT2D eigenvalue weighted by atomic mass is 9.92. The molecular weight excluding hydrogens is 466 g/mol. The number of aliphatic imine (C=N–C) groups is 2. The fourth-order valence-corrected chi connectivity index (χ4v) is 5.89. The molecule has 0 fully saturated rings. The summed E-state index contributed by atoms with van der Waals surface area (Å²) in [6, 6.07) is 18.6. The fourth-order valence-electron chi connectivity index (χ4n) is 5.66. The Morgan fingerprint density at radius 2 is 1.78 bits per heavy atom. The molecule has 0 amide bonds. The molecule has 3 aromatic carbocycles. The third-order valence-electron chi connectivity index (χ3n) is 7.51. The lowest BCUT2D eigenvalue weighted by molar-refractivity contribution is 0.530. The van der Waals surface area contributed by atoms with Gasteiger partial charge in [0.05, 0.1) is 0 Å². The average Bonchev–Trinajstić information content (AvgIpc) is 3.33. The predicted molar refractivity (Wildman–Crippen MR) is 149 cm³/mol. The lowest BCUT2D eigenvalue weighted by Crippen LogP contribution is -2.38. The Morgan fingerprint density at radius 3 is 2.67 bits per heavy atom. The van der Waals surface area contributed by atoms with Crippen LogP contribution >= 0.6 is 11.6 Å². The summed E-state index contributed by atoms with van der Waals surface area (Å²) in [5.74, 6) is 3.15. The van der Waals surface area contributed by atoms with Gasteiger partial charge in [0, 0.05) is 44.8 Å². The number of fused-ring (bicyclic) bond motifs is 4. The minimum Gasteiger partial charge on any atom is -0.460 e. The highest BCUT2D eigenvalue weighted by molar-refractivity contribution is 6.36. The van der Waals surface area contributed by atoms with Crippen molar-refractivity contribution >= 4 is 51.1 Å². The standard InChI is InChI=1S/C31H26ClN3O/c32-26-18-17-24(20-11-4-5-12-21(20)26)30-33-29(19-9-2-1-3-10-19)34-31(35-30)25-15-8-14-23-22-13-6-7-16-27(22)36-28(23)25/h1-2,4-6,8,11-15,17-19,31H,3,7,9-10,16H2,(H,33,34,35). The van der Waals surface area contributed by atoms with Crippen LogP contribution in [0.5, 0.6) is 0 Å². The Labute approximate surface area is 215 Å². The zero-order valence-corrected chi connectivity index (χ0v) is 20.6. The van der Waals surface area contributed by atoms with Gasteiger partial charge in [-0.1, -0.05) is 78.4 Å². The number of hydrogen-bond acceptors (Lipinski definition) is 4. The molecule has 2 atom stereocenters. The molecule has 1 aliphatic heterocycles. The van der Waals surface area contributed by atoms with E-state index in [0.29, 0.717) is 5.92 Å². The van der Waals surface area contributed by atoms with Gasteiger partial charge in [-0.3, -0.25) is 0 Å². The molecule has 2 heterocycles. The predicted octanol–water partition coefficient (Wildman–Crippen LogP) is 8.00. The van der Waals surface area contributed by atoms with Crippen molar-refractivity contribution < 1.29 is 4.42 Å². The van der Waals surface area contributed by atoms with Crippen LogP contribution in [0.2, 0.25) is 5.02 Å². The Kier molecular flexibility index (Phi) is 5.28. The minimum atomic E-state index is -0.284. The third-order valence-corrected chi connectivity index (χ3v) is 7.84. The molecule has 2 aliphatic carbocycles. The van der Waals surface area contributed by atoms with Crippen molar-refractivity contribution in [2.45, 2.75) is 38.3 Å². The van der Waals surface area contributed by atoms with E-state index in [2.05, 4.69) is 60.0 Å². The smallest absolute Gasteiger partial charge is 0.159 e. The van der Waals surface area contributed by atoms with Gasteiger partial charge in [-0.05, 0) is 43.2 Å². The summed E-state index contributed by atoms with van der Waals surface area (Å²) in [5.41, 5.74) is 4.16. The van der Waals surface area contributed by atoms with Crippen molar-refractivity contribution in [1.29, 1.82) is 0 Å². The highest BCUT2D eigenvalue weighted by atomic mass is 35.5. The van der Waals surface area contributed by atoms with Gasteiger partial charge in [-0.15, -0.1) is 0 Å². The number of nitrogens with one attached hydrogen (secondary N) is 1. The number of hydrogen-bond donors (Lipinski definition) is 1. The molecule has 4 nitrogen and oxygen atoms in total. The van der Waals surface area contributed by atoms with Gasteiger partial charge in [-0.25, -0.2) is 9.98 Å². The minimum absolute atomic E-state index is 0.284. The van der Waals surface area contributed by atoms with Crippen LogP contribution in [0.25, 0.3) is 27.8 Å². The number of benzene rings is 3. The van der Waals surface area contributed by atoms with E-state index in [1.54, 1.807) is 0 Å². The number of para-hydroxylation sites is 1. The molecule has 1 aromatic heterocycles. The number of amidine groups is 2. The van der Waals surface area contributed by atoms with E-state index >= 15 is 0 Å². The molecule has 0 bridgehead atoms. The summed E-state index contributed by atoms with van der Waals surface area (Å²) < 4.78 is 6.45. The lowest BCUT2D eigenvalue weighted by Gasteiger charge is -2.29. The molecule has 5 heteroatoms. The van der Waals surface area contributed by atoms with Gasteiger partial charge < -0.3 is 9.73 Å². The van der Waals surface area contributed by atoms with Crippen LogP contribution < -0.4 is 5.32 Å². The van der Waals surface area contributed by atoms with E-state index in [0.717, 1.165) is 87.4 Å². The summed E-state index contributed by atoms with van der Waals surface area (Å²) in [7, 11) is 0. The van der Waals surface area contributed by atoms with Crippen molar-refractivity contribution in [1.82, 2.24) is 5.32 Å². The van der Waals surface area contributed by atoms with Gasteiger partial charge in [-0.2, -0.15) is 0 Å². The normalized spacial score (nSPS) is 21.2. The summed E-state index contributed by atoms with van der Waals surface area (Å²) >= 11 is 6.54. The van der Waals surface area contributed by atoms with Gasteiger partial charge in [0.1, 0.15) is 17.2 Å². The second kappa shape index (κ2) is 8.79. The first kappa shape index (κ1) is 21.6. The molecule has 0 saturated heterocycles. The molecule has 4 aromatic rings. The van der Waals surface area contributed by atoms with Crippen LogP contribution in [0, 0.1) is 5.92 Å². The zero-order valence-electron chi connectivity index (χ0n) is 19.9. The maximum Gasteiger partial charge on any atom is 0.159 e. The van der Waals surface area contributed by atoms with Crippen molar-refractivity contribution in [3.8, 4) is 0 Å². The maximum atomic E-state index is 6.54. The molecule has 0 saturated carbocycles. The van der Waals surface area contributed by atoms with E-state index in [1.165, 1.54) is 5.56 Å². The summed E-state index contributed by atoms with van der Waals surface area (Å²) in [5, 5.41) is 7.66. The molecule has 178 valence electrons. The summed E-state index contributed by atoms with van der Waals surface area (Å²) in [4.78, 5) is 10.3. The molecular formula is C31H26ClN3O. The first-order chi connectivity index (χ1) is 17.8. The second-order valence-electron chi connectivity index (χ2n) is 9.72. The topological polar surface area (TPSA) is 49.9 Å². The third kappa shape index (κ3) is 3.59. The molecule has 0 spiro atoms. The summed E-state index contributed by atoms with van der Waals surface area (Å²) in [6.07, 6.45) is 13.7. The van der Waals surface area contributed by atoms with Crippen molar-refractivity contribution in [3.05, 3.63) is 100 Å². The van der Waals surface area contributed by atoms with E-state index in [-0.39, 0.29) is 6.17 Å². The van der Waals surface area contributed by atoms with Crippen molar-refractivity contribution in [3.63, 3.8) is 0 Å². The monoisotopic (exact) mass is 491 g/mol. The van der Waals surface area contributed by atoms with Gasteiger partial charge in [0.15, 0.2) is 12.0 Å². The van der Waals surface area contributed by atoms with Gasteiger partial charge in [0.25, 0.3) is 0 Å². The zero-order chi connectivity index (χ0) is 24.1. The van der Waals surface area contributed by atoms with Crippen molar-refractivity contribution in [2.75, 3.05) is 0 Å². The van der Waals surface area contributed by atoms with E-state index in [9.17, 15) is 0 Å². The molecule has 36 heavy (non-hydrogen) atoms. The Morgan fingerprint density at radius 1 is 0.889 bits per heavy atom. The van der Waals surface area contributed by atoms with E-state index in [1.807, 2.05) is 24.3 Å². The second-order valence-corrected chi connectivity index (χ2v) is 10.1. The Balaban J connectivity index is 1.40. The Hall–Kier alpha value is -3.63. The summed E-state index contributed by atoms with van der Waals surface area (Å²) in [6.45, 7) is 0. The van der Waals surface area contributed by atoms with Crippen molar-refractivity contribution in [2.24, 2.45) is 15.9 Å². The maximum absolute atomic E-state index is 6.54.